The molecule has 2 heteroatoms. The molecule has 0 amide bonds. The van der Waals surface area contributed by atoms with Crippen LogP contribution < -0.4 is 4.90 Å². The summed E-state index contributed by atoms with van der Waals surface area (Å²) in [5.74, 6) is 0. The summed E-state index contributed by atoms with van der Waals surface area (Å²) in [6, 6.07) is 72.4. The summed E-state index contributed by atoms with van der Waals surface area (Å²) in [6.45, 7) is 0. The molecule has 10 aromatic carbocycles. The third kappa shape index (κ3) is 4.67. The van der Waals surface area contributed by atoms with Crippen molar-refractivity contribution in [2.75, 3.05) is 4.90 Å². The van der Waals surface area contributed by atoms with Crippen molar-refractivity contribution in [3.8, 4) is 0 Å². The van der Waals surface area contributed by atoms with Crippen LogP contribution in [0.2, 0.25) is 0 Å². The molecule has 0 aliphatic heterocycles. The Hall–Kier alpha value is -7.16. The maximum Gasteiger partial charge on any atom is 0.143 e. The molecule has 0 fully saturated rings. The van der Waals surface area contributed by atoms with Gasteiger partial charge in [-0.25, -0.2) is 0 Å². The SMILES string of the molecule is c1ccc(N(c2ccc3c(c2)c2ccccc2c2ccccc2c2ccccc2c2c3ccc3c4ccccc4oc32)c2cccc3ccccc23)cc1. The van der Waals surface area contributed by atoms with Gasteiger partial charge in [-0.3, -0.25) is 0 Å². The van der Waals surface area contributed by atoms with E-state index in [1.807, 2.05) is 0 Å². The van der Waals surface area contributed by atoms with Crippen LogP contribution >= 0.6 is 0 Å². The molecule has 0 N–H and O–H groups in total. The van der Waals surface area contributed by atoms with Crippen LogP contribution in [-0.2, 0) is 0 Å². The quantitative estimate of drug-likeness (QED) is 0.184. The van der Waals surface area contributed by atoms with Gasteiger partial charge in [-0.05, 0) is 96.3 Å². The van der Waals surface area contributed by atoms with Crippen molar-refractivity contribution in [3.63, 3.8) is 0 Å². The summed E-state index contributed by atoms with van der Waals surface area (Å²) in [5, 5.41) is 16.3. The molecule has 0 spiro atoms. The Labute approximate surface area is 312 Å². The third-order valence-electron chi connectivity index (χ3n) is 11.0. The van der Waals surface area contributed by atoms with Crippen molar-refractivity contribution in [2.45, 2.75) is 0 Å². The van der Waals surface area contributed by atoms with Crippen LogP contribution in [0, 0.1) is 0 Å². The first-order valence-electron chi connectivity index (χ1n) is 18.5. The van der Waals surface area contributed by atoms with Crippen molar-refractivity contribution in [2.24, 2.45) is 0 Å². The van der Waals surface area contributed by atoms with Crippen LogP contribution in [0.3, 0.4) is 0 Å². The highest BCUT2D eigenvalue weighted by atomic mass is 16.3. The predicted molar refractivity (Wildman–Crippen MR) is 231 cm³/mol. The number of nitrogens with zero attached hydrogens (tertiary/aromatic N) is 1. The number of para-hydroxylation sites is 2. The number of furan rings is 1. The highest BCUT2D eigenvalue weighted by Crippen LogP contribution is 2.44. The molecule has 1 aromatic heterocycles. The summed E-state index contributed by atoms with van der Waals surface area (Å²) < 4.78 is 6.86. The van der Waals surface area contributed by atoms with Crippen molar-refractivity contribution in [1.82, 2.24) is 0 Å². The van der Waals surface area contributed by atoms with Crippen molar-refractivity contribution < 1.29 is 4.42 Å². The van der Waals surface area contributed by atoms with Gasteiger partial charge in [0.15, 0.2) is 0 Å². The van der Waals surface area contributed by atoms with Gasteiger partial charge in [0.05, 0.1) is 5.69 Å². The van der Waals surface area contributed by atoms with E-state index >= 15 is 0 Å². The first kappa shape index (κ1) is 30.5. The van der Waals surface area contributed by atoms with Gasteiger partial charge in [-0.2, -0.15) is 0 Å². The van der Waals surface area contributed by atoms with Crippen LogP contribution in [0.15, 0.2) is 205 Å². The molecule has 0 unspecified atom stereocenters. The topological polar surface area (TPSA) is 16.4 Å². The van der Waals surface area contributed by atoms with Gasteiger partial charge in [0.1, 0.15) is 11.2 Å². The van der Waals surface area contributed by atoms with E-state index in [-0.39, 0.29) is 0 Å². The Bertz CT molecular complexity index is 3340. The second kappa shape index (κ2) is 12.2. The molecular weight excluding hydrogens is 655 g/mol. The Morgan fingerprint density at radius 3 is 1.50 bits per heavy atom. The number of rotatable bonds is 3. The standard InChI is InChI=1S/C52H33NO/c1-2-17-35(18-3-1)53(49-27-14-16-34-15-4-5-19-37(34)49)36-29-30-43-46-31-32-47-44-25-12-13-28-50(44)54-52(47)51(46)45-26-11-10-23-41(45)39-21-7-6-20-38(39)40-22-8-9-24-42(40)48(43)33-36/h1-33H. The zero-order chi connectivity index (χ0) is 35.6. The normalized spacial score (nSPS) is 11.7. The van der Waals surface area contributed by atoms with Crippen LogP contribution in [0.1, 0.15) is 0 Å². The van der Waals surface area contributed by atoms with Crippen molar-refractivity contribution in [3.05, 3.63) is 200 Å². The van der Waals surface area contributed by atoms with Crippen LogP contribution in [-0.4, -0.2) is 0 Å². The first-order valence-corrected chi connectivity index (χ1v) is 18.5. The summed E-state index contributed by atoms with van der Waals surface area (Å²) in [6.07, 6.45) is 0. The molecule has 2 nitrogen and oxygen atoms in total. The lowest BCUT2D eigenvalue weighted by Gasteiger charge is -2.27. The number of benzene rings is 9. The van der Waals surface area contributed by atoms with Gasteiger partial charge in [-0.15, -0.1) is 0 Å². The highest BCUT2D eigenvalue weighted by Gasteiger charge is 2.18. The van der Waals surface area contributed by atoms with Crippen LogP contribution in [0.4, 0.5) is 17.1 Å². The van der Waals surface area contributed by atoms with Crippen molar-refractivity contribution >= 4 is 104 Å². The van der Waals surface area contributed by atoms with E-state index in [0.717, 1.165) is 65.9 Å². The Kier molecular flexibility index (Phi) is 6.90. The van der Waals surface area contributed by atoms with Gasteiger partial charge < -0.3 is 9.32 Å². The first-order chi connectivity index (χ1) is 26.8. The molecule has 0 atom stereocenters. The fraction of sp³-hybridized carbons (Fsp3) is 0. The molecule has 54 heavy (non-hydrogen) atoms. The number of hydrogen-bond acceptors (Lipinski definition) is 2. The van der Waals surface area contributed by atoms with E-state index in [1.54, 1.807) is 0 Å². The van der Waals surface area contributed by atoms with Gasteiger partial charge >= 0.3 is 0 Å². The monoisotopic (exact) mass is 687 g/mol. The number of hydrogen-bond donors (Lipinski definition) is 0. The predicted octanol–water partition coefficient (Wildman–Crippen LogP) is 15.1. The molecule has 252 valence electrons. The lowest BCUT2D eigenvalue weighted by molar-refractivity contribution is 0.673. The van der Waals surface area contributed by atoms with Crippen molar-refractivity contribution in [1.29, 1.82) is 0 Å². The lowest BCUT2D eigenvalue weighted by Crippen LogP contribution is -2.10. The van der Waals surface area contributed by atoms with E-state index in [4.69, 9.17) is 4.42 Å². The van der Waals surface area contributed by atoms with E-state index in [9.17, 15) is 0 Å². The molecule has 1 heterocycles. The minimum atomic E-state index is 0.894. The van der Waals surface area contributed by atoms with Crippen LogP contribution in [0.25, 0.3) is 86.6 Å². The number of fused-ring (bicyclic) bond motifs is 15. The van der Waals surface area contributed by atoms with Gasteiger partial charge in [0, 0.05) is 32.9 Å². The fourth-order valence-electron chi connectivity index (χ4n) is 8.66. The Morgan fingerprint density at radius 1 is 0.296 bits per heavy atom. The molecule has 11 rings (SSSR count). The molecule has 0 bridgehead atoms. The minimum absolute atomic E-state index is 0.894. The Morgan fingerprint density at radius 2 is 0.778 bits per heavy atom. The average molecular weight is 688 g/mol. The molecular formula is C52H33NO. The number of anilines is 3. The summed E-state index contributed by atoms with van der Waals surface area (Å²) in [5.41, 5.74) is 5.12. The molecule has 0 saturated heterocycles. The third-order valence-corrected chi connectivity index (χ3v) is 11.0. The van der Waals surface area contributed by atoms with Gasteiger partial charge in [0.25, 0.3) is 0 Å². The van der Waals surface area contributed by atoms with Gasteiger partial charge in [0.2, 0.25) is 0 Å². The Balaban J connectivity index is 1.38. The zero-order valence-electron chi connectivity index (χ0n) is 29.4. The molecule has 0 aliphatic carbocycles. The molecule has 0 radical (unpaired) electrons. The molecule has 11 aromatic rings. The second-order valence-electron chi connectivity index (χ2n) is 14.0. The summed E-state index contributed by atoms with van der Waals surface area (Å²) in [7, 11) is 0. The maximum atomic E-state index is 6.86. The average Bonchev–Trinajstić information content (AvgIpc) is 3.63. The summed E-state index contributed by atoms with van der Waals surface area (Å²) >= 11 is 0. The zero-order valence-corrected chi connectivity index (χ0v) is 29.4. The lowest BCUT2D eigenvalue weighted by atomic mass is 9.93. The second-order valence-corrected chi connectivity index (χ2v) is 14.0. The highest BCUT2D eigenvalue weighted by molar-refractivity contribution is 6.31. The fourth-order valence-corrected chi connectivity index (χ4v) is 8.66. The smallest absolute Gasteiger partial charge is 0.143 e. The van der Waals surface area contributed by atoms with Crippen LogP contribution in [0.5, 0.6) is 0 Å². The minimum Gasteiger partial charge on any atom is -0.455 e. The molecule has 0 aliphatic rings. The van der Waals surface area contributed by atoms with E-state index in [2.05, 4.69) is 205 Å². The maximum absolute atomic E-state index is 6.86. The largest absolute Gasteiger partial charge is 0.455 e. The van der Waals surface area contributed by atoms with E-state index in [0.29, 0.717) is 0 Å². The molecule has 0 saturated carbocycles. The summed E-state index contributed by atoms with van der Waals surface area (Å²) in [4.78, 5) is 2.40. The van der Waals surface area contributed by atoms with E-state index in [1.165, 1.54) is 37.7 Å². The van der Waals surface area contributed by atoms with Gasteiger partial charge in [-0.1, -0.05) is 158 Å². The van der Waals surface area contributed by atoms with E-state index < -0.39 is 0 Å².